The highest BCUT2D eigenvalue weighted by molar-refractivity contribution is 5.76. The quantitative estimate of drug-likeness (QED) is 0.0320. The van der Waals surface area contributed by atoms with Gasteiger partial charge in [-0.05, 0) is 83.5 Å². The molecule has 0 radical (unpaired) electrons. The zero-order valence-electron chi connectivity index (χ0n) is 64.0. The van der Waals surface area contributed by atoms with Crippen LogP contribution in [-0.2, 0) is 14.3 Å². The fourth-order valence-electron chi connectivity index (χ4n) is 13.8. The molecule has 0 bridgehead atoms. The van der Waals surface area contributed by atoms with Crippen molar-refractivity contribution >= 4 is 11.9 Å². The van der Waals surface area contributed by atoms with Crippen LogP contribution in [0.3, 0.4) is 0 Å². The van der Waals surface area contributed by atoms with E-state index in [1.807, 2.05) is 0 Å². The second-order valence-electron chi connectivity index (χ2n) is 29.9. The number of hydrogen-bond acceptors (Lipinski definition) is 5. The van der Waals surface area contributed by atoms with E-state index in [4.69, 9.17) is 4.74 Å². The van der Waals surface area contributed by atoms with Crippen LogP contribution in [0.15, 0.2) is 36.5 Å². The van der Waals surface area contributed by atoms with E-state index in [-0.39, 0.29) is 18.5 Å². The van der Waals surface area contributed by atoms with E-state index >= 15 is 0 Å². The molecule has 0 fully saturated rings. The van der Waals surface area contributed by atoms with E-state index in [9.17, 15) is 19.8 Å². The first kappa shape index (κ1) is 92.1. The first-order chi connectivity index (χ1) is 46.5. The zero-order valence-corrected chi connectivity index (χ0v) is 64.0. The summed E-state index contributed by atoms with van der Waals surface area (Å²) in [6, 6.07) is -0.541. The predicted octanol–water partition coefficient (Wildman–Crippen LogP) is 28.9. The summed E-state index contributed by atoms with van der Waals surface area (Å²) in [6.45, 7) is 5.00. The Labute approximate surface area is 589 Å². The molecule has 0 saturated heterocycles. The summed E-state index contributed by atoms with van der Waals surface area (Å²) in [5, 5.41) is 23.5. The molecule has 94 heavy (non-hydrogen) atoms. The monoisotopic (exact) mass is 1320 g/mol. The van der Waals surface area contributed by atoms with Crippen LogP contribution >= 0.6 is 0 Å². The number of amides is 1. The Morgan fingerprint density at radius 1 is 0.298 bits per heavy atom. The van der Waals surface area contributed by atoms with E-state index in [1.54, 1.807) is 0 Å². The van der Waals surface area contributed by atoms with Gasteiger partial charge in [0, 0.05) is 12.8 Å². The normalized spacial score (nSPS) is 12.6. The third-order valence-corrected chi connectivity index (χ3v) is 20.4. The molecule has 556 valence electrons. The SMILES string of the molecule is CCCCCCCCC/C=C\CCCCCCCC(=O)OCCCCCCCCCCCCCCCCC/C=C\C/C=C\CCCCCCCCCCCCCCCCCCCC(=O)NC(CO)C(O)CCCCCCCCCCCCCCCCCCCCCCCC. The summed E-state index contributed by atoms with van der Waals surface area (Å²) in [5.41, 5.74) is 0. The van der Waals surface area contributed by atoms with Gasteiger partial charge in [-0.2, -0.15) is 0 Å². The zero-order chi connectivity index (χ0) is 67.7. The van der Waals surface area contributed by atoms with Crippen LogP contribution in [0.1, 0.15) is 489 Å². The van der Waals surface area contributed by atoms with Gasteiger partial charge in [0.1, 0.15) is 0 Å². The summed E-state index contributed by atoms with van der Waals surface area (Å²) >= 11 is 0. The summed E-state index contributed by atoms with van der Waals surface area (Å²) < 4.78 is 5.50. The lowest BCUT2D eigenvalue weighted by atomic mass is 10.0. The molecular formula is C88H169NO5. The predicted molar refractivity (Wildman–Crippen MR) is 416 cm³/mol. The van der Waals surface area contributed by atoms with Crippen molar-refractivity contribution in [3.05, 3.63) is 36.5 Å². The number of esters is 1. The standard InChI is InChI=1S/C88H169NO5/c1-3-5-7-9-11-13-15-17-19-21-22-23-43-46-49-52-56-60-64-68-72-76-80-86(91)85(84-90)89-87(92)81-77-73-69-65-61-57-53-50-47-44-41-39-37-35-33-31-29-27-25-24-26-28-30-32-34-36-38-40-42-45-48-51-55-59-63-67-71-75-79-83-94-88(93)82-78-74-70-66-62-58-54-20-18-16-14-12-10-8-6-4-2/h20,24-25,28,30,54,85-86,90-91H,3-19,21-23,26-27,29,31-53,55-84H2,1-2H3,(H,89,92)/b25-24-,30-28-,54-20-. The molecule has 0 aromatic carbocycles. The van der Waals surface area contributed by atoms with Crippen molar-refractivity contribution in [2.75, 3.05) is 13.2 Å². The average Bonchev–Trinajstić information content (AvgIpc) is 3.68. The van der Waals surface area contributed by atoms with E-state index < -0.39 is 12.1 Å². The third-order valence-electron chi connectivity index (χ3n) is 20.4. The van der Waals surface area contributed by atoms with Crippen molar-refractivity contribution in [1.29, 1.82) is 0 Å². The van der Waals surface area contributed by atoms with Crippen molar-refractivity contribution in [2.45, 2.75) is 501 Å². The number of carbonyl (C=O) groups excluding carboxylic acids is 2. The van der Waals surface area contributed by atoms with Gasteiger partial charge >= 0.3 is 5.97 Å². The van der Waals surface area contributed by atoms with Gasteiger partial charge in [-0.3, -0.25) is 9.59 Å². The highest BCUT2D eigenvalue weighted by Crippen LogP contribution is 2.21. The van der Waals surface area contributed by atoms with Crippen molar-refractivity contribution in [1.82, 2.24) is 5.32 Å². The number of ether oxygens (including phenoxy) is 1. The molecule has 0 aliphatic heterocycles. The summed E-state index contributed by atoms with van der Waals surface area (Å²) in [5.74, 6) is -0.0124. The van der Waals surface area contributed by atoms with Crippen LogP contribution in [0.5, 0.6) is 0 Å². The van der Waals surface area contributed by atoms with Gasteiger partial charge in [0.05, 0.1) is 25.4 Å². The molecule has 2 unspecified atom stereocenters. The molecular weight excluding hydrogens is 1150 g/mol. The fraction of sp³-hybridized carbons (Fsp3) is 0.909. The molecule has 0 aromatic rings. The third kappa shape index (κ3) is 79.1. The molecule has 2 atom stereocenters. The first-order valence-electron chi connectivity index (χ1n) is 43.2. The van der Waals surface area contributed by atoms with Crippen LogP contribution in [0.25, 0.3) is 0 Å². The topological polar surface area (TPSA) is 95.9 Å². The summed E-state index contributed by atoms with van der Waals surface area (Å²) in [6.07, 6.45) is 110. The molecule has 0 heterocycles. The Balaban J connectivity index is 3.35. The molecule has 0 rings (SSSR count). The first-order valence-corrected chi connectivity index (χ1v) is 43.2. The van der Waals surface area contributed by atoms with Crippen molar-refractivity contribution in [2.24, 2.45) is 0 Å². The van der Waals surface area contributed by atoms with E-state index in [1.165, 1.54) is 405 Å². The fourth-order valence-corrected chi connectivity index (χ4v) is 13.8. The molecule has 6 heteroatoms. The molecule has 0 aliphatic carbocycles. The maximum atomic E-state index is 12.6. The molecule has 0 spiro atoms. The number of hydrogen-bond donors (Lipinski definition) is 3. The summed E-state index contributed by atoms with van der Waals surface area (Å²) in [4.78, 5) is 24.7. The molecule has 0 aromatic heterocycles. The number of aliphatic hydroxyl groups excluding tert-OH is 2. The summed E-state index contributed by atoms with van der Waals surface area (Å²) in [7, 11) is 0. The molecule has 0 aliphatic rings. The van der Waals surface area contributed by atoms with Gasteiger partial charge in [0.2, 0.25) is 5.91 Å². The largest absolute Gasteiger partial charge is 0.466 e. The van der Waals surface area contributed by atoms with Gasteiger partial charge in [-0.15, -0.1) is 0 Å². The van der Waals surface area contributed by atoms with Gasteiger partial charge in [0.25, 0.3) is 0 Å². The Bertz CT molecular complexity index is 1520. The molecule has 1 amide bonds. The minimum atomic E-state index is -0.664. The number of aliphatic hydroxyl groups is 2. The Kier molecular flexibility index (Phi) is 81.8. The van der Waals surface area contributed by atoms with Crippen molar-refractivity contribution in [3.8, 4) is 0 Å². The van der Waals surface area contributed by atoms with E-state index in [0.717, 1.165) is 51.4 Å². The van der Waals surface area contributed by atoms with Crippen LogP contribution in [-0.4, -0.2) is 47.4 Å². The van der Waals surface area contributed by atoms with Crippen LogP contribution < -0.4 is 5.32 Å². The number of unbranched alkanes of at least 4 members (excludes halogenated alkanes) is 65. The van der Waals surface area contributed by atoms with Crippen molar-refractivity contribution < 1.29 is 24.5 Å². The lowest BCUT2D eigenvalue weighted by Gasteiger charge is -2.22. The average molecular weight is 1320 g/mol. The second kappa shape index (κ2) is 83.5. The molecule has 0 saturated carbocycles. The lowest BCUT2D eigenvalue weighted by molar-refractivity contribution is -0.143. The van der Waals surface area contributed by atoms with Gasteiger partial charge in [-0.1, -0.05) is 429 Å². The van der Waals surface area contributed by atoms with Crippen LogP contribution in [0.4, 0.5) is 0 Å². The molecule has 6 nitrogen and oxygen atoms in total. The van der Waals surface area contributed by atoms with E-state index in [0.29, 0.717) is 25.9 Å². The van der Waals surface area contributed by atoms with Crippen LogP contribution in [0.2, 0.25) is 0 Å². The molecule has 3 N–H and O–H groups in total. The Hall–Kier alpha value is -1.92. The minimum absolute atomic E-state index is 0.0138. The number of nitrogens with one attached hydrogen (secondary N) is 1. The Morgan fingerprint density at radius 3 is 0.819 bits per heavy atom. The smallest absolute Gasteiger partial charge is 0.305 e. The Morgan fingerprint density at radius 2 is 0.532 bits per heavy atom. The van der Waals surface area contributed by atoms with Gasteiger partial charge in [0.15, 0.2) is 0 Å². The maximum Gasteiger partial charge on any atom is 0.305 e. The highest BCUT2D eigenvalue weighted by atomic mass is 16.5. The van der Waals surface area contributed by atoms with Crippen LogP contribution in [0, 0.1) is 0 Å². The van der Waals surface area contributed by atoms with Gasteiger partial charge in [-0.25, -0.2) is 0 Å². The van der Waals surface area contributed by atoms with E-state index in [2.05, 4.69) is 55.6 Å². The maximum absolute atomic E-state index is 12.6. The second-order valence-corrected chi connectivity index (χ2v) is 29.9. The number of carbonyl (C=O) groups is 2. The van der Waals surface area contributed by atoms with Crippen molar-refractivity contribution in [3.63, 3.8) is 0 Å². The number of allylic oxidation sites excluding steroid dienone is 6. The number of rotatable bonds is 82. The van der Waals surface area contributed by atoms with Gasteiger partial charge < -0.3 is 20.3 Å². The minimum Gasteiger partial charge on any atom is -0.466 e. The highest BCUT2D eigenvalue weighted by Gasteiger charge is 2.20. The lowest BCUT2D eigenvalue weighted by Crippen LogP contribution is -2.45.